The third-order valence-corrected chi connectivity index (χ3v) is 11.7. The van der Waals surface area contributed by atoms with Crippen LogP contribution in [0.1, 0.15) is 71.1 Å². The summed E-state index contributed by atoms with van der Waals surface area (Å²) in [7, 11) is -2.81. The Morgan fingerprint density at radius 3 is 1.52 bits per heavy atom. The number of hydrogen-bond acceptors (Lipinski definition) is 2. The minimum absolute atomic E-state index is 0.0363. The van der Waals surface area contributed by atoms with Gasteiger partial charge in [-0.15, -0.1) is 11.8 Å². The summed E-state index contributed by atoms with van der Waals surface area (Å²) in [5.74, 6) is 0. The first-order valence-electron chi connectivity index (χ1n) is 12.7. The van der Waals surface area contributed by atoms with Gasteiger partial charge in [0.1, 0.15) is 0 Å². The maximum Gasteiger partial charge on any atom is 0.155 e. The van der Waals surface area contributed by atoms with Crippen LogP contribution in [0.2, 0.25) is 0 Å². The molecule has 0 aliphatic rings. The predicted octanol–water partition coefficient (Wildman–Crippen LogP) is 9.04. The van der Waals surface area contributed by atoms with E-state index in [4.69, 9.17) is 0 Å². The van der Waals surface area contributed by atoms with Crippen LogP contribution in [0.5, 0.6) is 0 Å². The second-order valence-electron chi connectivity index (χ2n) is 8.83. The lowest BCUT2D eigenvalue weighted by atomic mass is 10.1. The Bertz CT molecular complexity index is 899. The molecule has 0 saturated carbocycles. The van der Waals surface area contributed by atoms with E-state index in [0.29, 0.717) is 0 Å². The van der Waals surface area contributed by atoms with Crippen LogP contribution in [-0.2, 0) is 4.57 Å². The van der Waals surface area contributed by atoms with E-state index < -0.39 is 7.14 Å². The molecule has 33 heavy (non-hydrogen) atoms. The average molecular weight is 479 g/mol. The predicted molar refractivity (Wildman–Crippen MR) is 148 cm³/mol. The van der Waals surface area contributed by atoms with Gasteiger partial charge in [0, 0.05) is 15.5 Å². The minimum atomic E-state index is -2.81. The Morgan fingerprint density at radius 1 is 0.606 bits per heavy atom. The first-order chi connectivity index (χ1) is 16.2. The lowest BCUT2D eigenvalue weighted by Gasteiger charge is -2.28. The summed E-state index contributed by atoms with van der Waals surface area (Å²) in [5.41, 5.74) is 0. The van der Waals surface area contributed by atoms with Crippen LogP contribution in [-0.4, -0.2) is 4.99 Å². The SMILES string of the molecule is CCCCCCCCCCCC(Sc1ccccc1)P(=O)(c1ccccc1)c1ccccc1. The summed E-state index contributed by atoms with van der Waals surface area (Å²) in [6.45, 7) is 2.27. The van der Waals surface area contributed by atoms with Crippen LogP contribution in [0.4, 0.5) is 0 Å². The van der Waals surface area contributed by atoms with Gasteiger partial charge in [0.25, 0.3) is 0 Å². The second kappa shape index (κ2) is 14.5. The van der Waals surface area contributed by atoms with Crippen LogP contribution in [0.25, 0.3) is 0 Å². The fourth-order valence-corrected chi connectivity index (χ4v) is 9.72. The molecule has 3 heteroatoms. The largest absolute Gasteiger partial charge is 0.312 e. The molecule has 0 N–H and O–H groups in total. The van der Waals surface area contributed by atoms with Gasteiger partial charge in [-0.05, 0) is 18.6 Å². The molecular weight excluding hydrogens is 439 g/mol. The molecule has 1 unspecified atom stereocenters. The highest BCUT2D eigenvalue weighted by molar-refractivity contribution is 8.08. The monoisotopic (exact) mass is 478 g/mol. The number of hydrogen-bond donors (Lipinski definition) is 0. The van der Waals surface area contributed by atoms with Gasteiger partial charge in [0.05, 0.1) is 4.99 Å². The molecule has 0 saturated heterocycles. The molecule has 0 aliphatic carbocycles. The molecule has 0 radical (unpaired) electrons. The zero-order valence-electron chi connectivity index (χ0n) is 20.1. The summed E-state index contributed by atoms with van der Waals surface area (Å²) in [6.07, 6.45) is 12.7. The standard InChI is InChI=1S/C30H39OPS/c1-2-3-4-5-6-7-8-9-19-26-30(33-29-24-17-12-18-25-29)32(31,27-20-13-10-14-21-27)28-22-15-11-16-23-28/h10-18,20-25,30H,2-9,19,26H2,1H3. The Hall–Kier alpha value is -1.76. The van der Waals surface area contributed by atoms with Crippen molar-refractivity contribution in [3.05, 3.63) is 91.0 Å². The maximum atomic E-state index is 15.0. The van der Waals surface area contributed by atoms with Crippen molar-refractivity contribution in [2.75, 3.05) is 0 Å². The van der Waals surface area contributed by atoms with Crippen molar-refractivity contribution < 1.29 is 4.57 Å². The molecule has 0 spiro atoms. The Kier molecular flexibility index (Phi) is 11.4. The van der Waals surface area contributed by atoms with E-state index in [1.165, 1.54) is 56.3 Å². The molecule has 1 nitrogen and oxygen atoms in total. The lowest BCUT2D eigenvalue weighted by molar-refractivity contribution is 0.555. The molecular formula is C30H39OPS. The van der Waals surface area contributed by atoms with E-state index in [-0.39, 0.29) is 4.99 Å². The molecule has 0 aliphatic heterocycles. The molecule has 0 heterocycles. The highest BCUT2D eigenvalue weighted by Crippen LogP contribution is 2.56. The van der Waals surface area contributed by atoms with Crippen LogP contribution in [0.15, 0.2) is 95.9 Å². The third kappa shape index (κ3) is 7.90. The van der Waals surface area contributed by atoms with Crippen molar-refractivity contribution in [1.29, 1.82) is 0 Å². The Morgan fingerprint density at radius 2 is 1.03 bits per heavy atom. The van der Waals surface area contributed by atoms with Gasteiger partial charge in [-0.2, -0.15) is 0 Å². The van der Waals surface area contributed by atoms with Gasteiger partial charge < -0.3 is 4.57 Å². The molecule has 0 amide bonds. The quantitative estimate of drug-likeness (QED) is 0.123. The summed E-state index contributed by atoms with van der Waals surface area (Å²) in [4.78, 5) is 1.24. The van der Waals surface area contributed by atoms with Crippen molar-refractivity contribution in [3.63, 3.8) is 0 Å². The van der Waals surface area contributed by atoms with Crippen LogP contribution in [0, 0.1) is 0 Å². The van der Waals surface area contributed by atoms with Gasteiger partial charge in [0.15, 0.2) is 7.14 Å². The van der Waals surface area contributed by atoms with E-state index in [9.17, 15) is 4.57 Å². The topological polar surface area (TPSA) is 17.1 Å². The molecule has 3 aromatic carbocycles. The number of benzene rings is 3. The van der Waals surface area contributed by atoms with Crippen molar-refractivity contribution in [2.45, 2.75) is 81.0 Å². The first kappa shape index (κ1) is 25.9. The van der Waals surface area contributed by atoms with Gasteiger partial charge >= 0.3 is 0 Å². The van der Waals surface area contributed by atoms with Crippen LogP contribution in [0.3, 0.4) is 0 Å². The summed E-state index contributed by atoms with van der Waals surface area (Å²) >= 11 is 1.80. The second-order valence-corrected chi connectivity index (χ2v) is 13.4. The average Bonchev–Trinajstić information content (AvgIpc) is 2.88. The van der Waals surface area contributed by atoms with Crippen LogP contribution < -0.4 is 10.6 Å². The van der Waals surface area contributed by atoms with E-state index in [1.807, 2.05) is 42.5 Å². The zero-order valence-corrected chi connectivity index (χ0v) is 21.8. The van der Waals surface area contributed by atoms with Crippen molar-refractivity contribution in [2.24, 2.45) is 0 Å². The molecule has 0 aromatic heterocycles. The normalized spacial score (nSPS) is 12.5. The Labute approximate surface area is 205 Å². The van der Waals surface area contributed by atoms with Gasteiger partial charge in [-0.25, -0.2) is 0 Å². The van der Waals surface area contributed by atoms with Gasteiger partial charge in [-0.3, -0.25) is 0 Å². The summed E-state index contributed by atoms with van der Waals surface area (Å²) < 4.78 is 15.0. The Balaban J connectivity index is 1.74. The fourth-order valence-electron chi connectivity index (χ4n) is 4.38. The van der Waals surface area contributed by atoms with E-state index in [0.717, 1.165) is 23.5 Å². The van der Waals surface area contributed by atoms with Crippen LogP contribution >= 0.6 is 18.9 Å². The number of rotatable bonds is 15. The first-order valence-corrected chi connectivity index (χ1v) is 15.3. The number of unbranched alkanes of at least 4 members (excludes halogenated alkanes) is 8. The van der Waals surface area contributed by atoms with Gasteiger partial charge in [0.2, 0.25) is 0 Å². The summed E-state index contributed by atoms with van der Waals surface area (Å²) in [6, 6.07) is 30.8. The minimum Gasteiger partial charge on any atom is -0.312 e. The van der Waals surface area contributed by atoms with E-state index >= 15 is 0 Å². The lowest BCUT2D eigenvalue weighted by Crippen LogP contribution is -2.24. The molecule has 0 bridgehead atoms. The summed E-state index contributed by atoms with van der Waals surface area (Å²) in [5, 5.41) is 1.95. The molecule has 3 aromatic rings. The smallest absolute Gasteiger partial charge is 0.155 e. The molecule has 0 fully saturated rings. The highest BCUT2D eigenvalue weighted by atomic mass is 32.2. The maximum absolute atomic E-state index is 15.0. The molecule has 176 valence electrons. The zero-order chi connectivity index (χ0) is 23.2. The number of thioether (sulfide) groups is 1. The van der Waals surface area contributed by atoms with E-state index in [2.05, 4.69) is 55.5 Å². The highest BCUT2D eigenvalue weighted by Gasteiger charge is 2.37. The fraction of sp³-hybridized carbons (Fsp3) is 0.400. The van der Waals surface area contributed by atoms with Gasteiger partial charge in [-0.1, -0.05) is 144 Å². The molecule has 3 rings (SSSR count). The van der Waals surface area contributed by atoms with Crippen molar-refractivity contribution >= 4 is 29.5 Å². The van der Waals surface area contributed by atoms with Crippen molar-refractivity contribution in [1.82, 2.24) is 0 Å². The van der Waals surface area contributed by atoms with E-state index in [1.54, 1.807) is 11.8 Å². The van der Waals surface area contributed by atoms with Crippen molar-refractivity contribution in [3.8, 4) is 0 Å². The third-order valence-electron chi connectivity index (χ3n) is 6.26. The molecule has 1 atom stereocenters.